The minimum absolute atomic E-state index is 0.201. The van der Waals surface area contributed by atoms with Gasteiger partial charge in [-0.1, -0.05) is 13.8 Å². The molecular formula is C13H26N4O. The van der Waals surface area contributed by atoms with Crippen molar-refractivity contribution < 1.29 is 4.79 Å². The zero-order valence-corrected chi connectivity index (χ0v) is 11.8. The van der Waals surface area contributed by atoms with Gasteiger partial charge in [0.05, 0.1) is 5.41 Å². The Balaban J connectivity index is 1.94. The summed E-state index contributed by atoms with van der Waals surface area (Å²) in [6, 6.07) is 0. The van der Waals surface area contributed by atoms with Gasteiger partial charge in [-0.15, -0.1) is 0 Å². The summed E-state index contributed by atoms with van der Waals surface area (Å²) in [5, 5.41) is 5.41. The van der Waals surface area contributed by atoms with Crippen molar-refractivity contribution in [3.05, 3.63) is 0 Å². The Morgan fingerprint density at radius 2 is 1.94 bits per heavy atom. The Kier molecular flexibility index (Phi) is 4.25. The molecule has 1 unspecified atom stereocenters. The van der Waals surface area contributed by atoms with Crippen molar-refractivity contribution >= 4 is 5.91 Å². The molecule has 2 saturated heterocycles. The minimum atomic E-state index is -0.219. The van der Waals surface area contributed by atoms with Crippen LogP contribution in [-0.2, 0) is 4.79 Å². The highest BCUT2D eigenvalue weighted by molar-refractivity contribution is 5.83. The van der Waals surface area contributed by atoms with E-state index in [9.17, 15) is 4.79 Å². The third kappa shape index (κ3) is 2.68. The number of hydrazine groups is 1. The smallest absolute Gasteiger partial charge is 0.242 e. The number of carbonyl (C=O) groups excluding carboxylic acids is 1. The van der Waals surface area contributed by atoms with Crippen LogP contribution in [0.5, 0.6) is 0 Å². The summed E-state index contributed by atoms with van der Waals surface area (Å²) in [5.41, 5.74) is 2.91. The molecule has 18 heavy (non-hydrogen) atoms. The molecule has 1 amide bonds. The molecule has 0 bridgehead atoms. The lowest BCUT2D eigenvalue weighted by Gasteiger charge is -2.37. The maximum atomic E-state index is 12.6. The summed E-state index contributed by atoms with van der Waals surface area (Å²) < 4.78 is 0. The van der Waals surface area contributed by atoms with Crippen LogP contribution in [0.15, 0.2) is 0 Å². The average Bonchev–Trinajstić information content (AvgIpc) is 2.82. The van der Waals surface area contributed by atoms with Gasteiger partial charge in [0.15, 0.2) is 0 Å². The molecule has 5 nitrogen and oxygen atoms in total. The first-order valence-corrected chi connectivity index (χ1v) is 7.00. The van der Waals surface area contributed by atoms with Gasteiger partial charge in [-0.05, 0) is 25.9 Å². The van der Waals surface area contributed by atoms with Gasteiger partial charge in [-0.2, -0.15) is 0 Å². The monoisotopic (exact) mass is 254 g/mol. The van der Waals surface area contributed by atoms with Crippen LogP contribution in [0.1, 0.15) is 20.3 Å². The number of likely N-dealkylation sites (N-methyl/N-ethyl adjacent to an activating group) is 1. The molecule has 2 aliphatic rings. The molecule has 0 saturated carbocycles. The van der Waals surface area contributed by atoms with E-state index >= 15 is 0 Å². The predicted molar refractivity (Wildman–Crippen MR) is 72.0 cm³/mol. The second kappa shape index (κ2) is 5.55. The van der Waals surface area contributed by atoms with E-state index in [1.54, 1.807) is 0 Å². The molecule has 0 aromatic rings. The van der Waals surface area contributed by atoms with Gasteiger partial charge in [-0.25, -0.2) is 5.01 Å². The van der Waals surface area contributed by atoms with Crippen LogP contribution >= 0.6 is 0 Å². The summed E-state index contributed by atoms with van der Waals surface area (Å²) in [4.78, 5) is 14.8. The van der Waals surface area contributed by atoms with Crippen molar-refractivity contribution in [2.45, 2.75) is 20.3 Å². The molecule has 2 heterocycles. The SMILES string of the molecule is CC(C)C1(C(=O)NN2CCN(C)CC2)CCNC1. The largest absolute Gasteiger partial charge is 0.316 e. The molecular weight excluding hydrogens is 228 g/mol. The first-order chi connectivity index (χ1) is 8.54. The standard InChI is InChI=1S/C13H26N4O/c1-11(2)13(4-5-14-10-13)12(18)15-17-8-6-16(3)7-9-17/h11,14H,4-10H2,1-3H3,(H,15,18). The van der Waals surface area contributed by atoms with Crippen molar-refractivity contribution in [2.75, 3.05) is 46.3 Å². The molecule has 2 N–H and O–H groups in total. The number of amides is 1. The molecule has 2 aliphatic heterocycles. The Morgan fingerprint density at radius 1 is 1.28 bits per heavy atom. The number of piperazine rings is 1. The molecule has 0 radical (unpaired) electrons. The van der Waals surface area contributed by atoms with E-state index in [4.69, 9.17) is 0 Å². The topological polar surface area (TPSA) is 47.6 Å². The highest BCUT2D eigenvalue weighted by Crippen LogP contribution is 2.34. The number of hydrogen-bond donors (Lipinski definition) is 2. The first-order valence-electron chi connectivity index (χ1n) is 7.00. The minimum Gasteiger partial charge on any atom is -0.316 e. The van der Waals surface area contributed by atoms with E-state index in [-0.39, 0.29) is 11.3 Å². The van der Waals surface area contributed by atoms with E-state index in [1.165, 1.54) is 0 Å². The predicted octanol–water partition coefficient (Wildman–Crippen LogP) is -0.0993. The van der Waals surface area contributed by atoms with Gasteiger partial charge in [-0.3, -0.25) is 10.2 Å². The Hall–Kier alpha value is -0.650. The van der Waals surface area contributed by atoms with Gasteiger partial charge < -0.3 is 10.2 Å². The lowest BCUT2D eigenvalue weighted by molar-refractivity contribution is -0.138. The molecule has 2 rings (SSSR count). The van der Waals surface area contributed by atoms with Crippen LogP contribution in [0, 0.1) is 11.3 Å². The van der Waals surface area contributed by atoms with Crippen molar-refractivity contribution in [1.82, 2.24) is 20.7 Å². The lowest BCUT2D eigenvalue weighted by Crippen LogP contribution is -2.57. The maximum absolute atomic E-state index is 12.6. The van der Waals surface area contributed by atoms with E-state index in [1.807, 2.05) is 0 Å². The molecule has 0 aromatic carbocycles. The fourth-order valence-corrected chi connectivity index (χ4v) is 2.83. The number of carbonyl (C=O) groups is 1. The average molecular weight is 254 g/mol. The normalized spacial score (nSPS) is 30.9. The summed E-state index contributed by atoms with van der Waals surface area (Å²) in [5.74, 6) is 0.576. The molecule has 0 spiro atoms. The quantitative estimate of drug-likeness (QED) is 0.738. The zero-order valence-electron chi connectivity index (χ0n) is 11.8. The van der Waals surface area contributed by atoms with Crippen LogP contribution in [-0.4, -0.2) is 62.1 Å². The Bertz CT molecular complexity index is 291. The van der Waals surface area contributed by atoms with Crippen molar-refractivity contribution in [2.24, 2.45) is 11.3 Å². The fraction of sp³-hybridized carbons (Fsp3) is 0.923. The van der Waals surface area contributed by atoms with Gasteiger partial charge in [0.1, 0.15) is 0 Å². The van der Waals surface area contributed by atoms with Gasteiger partial charge in [0.25, 0.3) is 0 Å². The summed E-state index contributed by atoms with van der Waals surface area (Å²) in [6.45, 7) is 9.94. The molecule has 1 atom stereocenters. The molecule has 0 aliphatic carbocycles. The van der Waals surface area contributed by atoms with Crippen molar-refractivity contribution in [3.8, 4) is 0 Å². The highest BCUT2D eigenvalue weighted by Gasteiger charge is 2.44. The Morgan fingerprint density at radius 3 is 2.44 bits per heavy atom. The number of hydrogen-bond acceptors (Lipinski definition) is 4. The van der Waals surface area contributed by atoms with Gasteiger partial charge in [0, 0.05) is 32.7 Å². The molecule has 5 heteroatoms. The van der Waals surface area contributed by atoms with Crippen LogP contribution in [0.3, 0.4) is 0 Å². The van der Waals surface area contributed by atoms with Gasteiger partial charge in [0.2, 0.25) is 5.91 Å². The number of nitrogens with one attached hydrogen (secondary N) is 2. The van der Waals surface area contributed by atoms with Crippen LogP contribution in [0.4, 0.5) is 0 Å². The third-order valence-electron chi connectivity index (χ3n) is 4.51. The summed E-state index contributed by atoms with van der Waals surface area (Å²) in [7, 11) is 2.12. The van der Waals surface area contributed by atoms with Gasteiger partial charge >= 0.3 is 0 Å². The van der Waals surface area contributed by atoms with Crippen molar-refractivity contribution in [1.29, 1.82) is 0 Å². The van der Waals surface area contributed by atoms with E-state index < -0.39 is 0 Å². The summed E-state index contributed by atoms with van der Waals surface area (Å²) in [6.07, 6.45) is 0.949. The van der Waals surface area contributed by atoms with Crippen LogP contribution in [0.2, 0.25) is 0 Å². The first kappa shape index (κ1) is 13.8. The number of rotatable bonds is 3. The molecule has 2 fully saturated rings. The van der Waals surface area contributed by atoms with Crippen LogP contribution < -0.4 is 10.7 Å². The highest BCUT2D eigenvalue weighted by atomic mass is 16.2. The number of nitrogens with zero attached hydrogens (tertiary/aromatic N) is 2. The van der Waals surface area contributed by atoms with Crippen molar-refractivity contribution in [3.63, 3.8) is 0 Å². The molecule has 104 valence electrons. The molecule has 0 aromatic heterocycles. The maximum Gasteiger partial charge on any atom is 0.242 e. The lowest BCUT2D eigenvalue weighted by atomic mass is 9.76. The van der Waals surface area contributed by atoms with Crippen LogP contribution in [0.25, 0.3) is 0 Å². The zero-order chi connectivity index (χ0) is 13.2. The van der Waals surface area contributed by atoms with E-state index in [0.717, 1.165) is 45.7 Å². The van der Waals surface area contributed by atoms with E-state index in [2.05, 4.69) is 41.5 Å². The Labute approximate surface area is 110 Å². The second-order valence-electron chi connectivity index (χ2n) is 5.97. The third-order valence-corrected chi connectivity index (χ3v) is 4.51. The van der Waals surface area contributed by atoms with E-state index in [0.29, 0.717) is 5.92 Å². The summed E-state index contributed by atoms with van der Waals surface area (Å²) >= 11 is 0. The second-order valence-corrected chi connectivity index (χ2v) is 5.97. The fourth-order valence-electron chi connectivity index (χ4n) is 2.83.